The van der Waals surface area contributed by atoms with Crippen LogP contribution in [0.15, 0.2) is 24.3 Å². The van der Waals surface area contributed by atoms with E-state index in [9.17, 15) is 4.79 Å². The van der Waals surface area contributed by atoms with E-state index >= 15 is 0 Å². The molecule has 1 fully saturated rings. The predicted octanol–water partition coefficient (Wildman–Crippen LogP) is 3.92. The molecule has 2 aromatic rings. The first kappa shape index (κ1) is 15.3. The topological polar surface area (TPSA) is 42.4 Å². The first-order chi connectivity index (χ1) is 10.5. The highest BCUT2D eigenvalue weighted by atomic mass is 35.5. The van der Waals surface area contributed by atoms with Gasteiger partial charge in [-0.2, -0.15) is 0 Å². The highest BCUT2D eigenvalue weighted by Gasteiger charge is 2.31. The Morgan fingerprint density at radius 1 is 1.41 bits per heavy atom. The van der Waals surface area contributed by atoms with E-state index in [4.69, 9.17) is 16.3 Å². The fourth-order valence-corrected chi connectivity index (χ4v) is 3.26. The molecule has 1 aliphatic carbocycles. The molecule has 1 amide bonds. The Hall–Kier alpha value is -1.59. The summed E-state index contributed by atoms with van der Waals surface area (Å²) in [5, 5.41) is 1.48. The largest absolute Gasteiger partial charge is 0.486 e. The zero-order valence-corrected chi connectivity index (χ0v) is 14.1. The average Bonchev–Trinajstić information content (AvgIpc) is 3.29. The molecular formula is C16H17ClN2O2S. The number of nitrogens with zero attached hydrogens (tertiary/aromatic N) is 2. The summed E-state index contributed by atoms with van der Waals surface area (Å²) in [5.41, 5.74) is 0.775. The highest BCUT2D eigenvalue weighted by Crippen LogP contribution is 2.29. The van der Waals surface area contributed by atoms with Gasteiger partial charge in [-0.25, -0.2) is 4.98 Å². The molecule has 6 heteroatoms. The van der Waals surface area contributed by atoms with E-state index in [0.717, 1.165) is 29.3 Å². The van der Waals surface area contributed by atoms with Gasteiger partial charge < -0.3 is 9.64 Å². The van der Waals surface area contributed by atoms with Gasteiger partial charge in [-0.05, 0) is 44.0 Å². The van der Waals surface area contributed by atoms with Crippen LogP contribution >= 0.6 is 22.9 Å². The lowest BCUT2D eigenvalue weighted by molar-refractivity contribution is 0.0789. The van der Waals surface area contributed by atoms with Crippen LogP contribution in [0.1, 0.15) is 33.2 Å². The van der Waals surface area contributed by atoms with Crippen molar-refractivity contribution >= 4 is 28.8 Å². The molecule has 0 radical (unpaired) electrons. The number of amides is 1. The summed E-state index contributed by atoms with van der Waals surface area (Å²) < 4.78 is 5.68. The number of aromatic nitrogens is 1. The van der Waals surface area contributed by atoms with Crippen LogP contribution in [0.5, 0.6) is 5.75 Å². The number of benzene rings is 1. The van der Waals surface area contributed by atoms with Crippen molar-refractivity contribution < 1.29 is 9.53 Å². The predicted molar refractivity (Wildman–Crippen MR) is 87.8 cm³/mol. The van der Waals surface area contributed by atoms with Gasteiger partial charge in [0.2, 0.25) is 0 Å². The quantitative estimate of drug-likeness (QED) is 0.831. The van der Waals surface area contributed by atoms with Gasteiger partial charge in [0.15, 0.2) is 0 Å². The Balaban J connectivity index is 1.66. The van der Waals surface area contributed by atoms with Gasteiger partial charge in [0.25, 0.3) is 5.91 Å². The smallest absolute Gasteiger partial charge is 0.265 e. The number of aryl methyl sites for hydroxylation is 1. The van der Waals surface area contributed by atoms with Crippen LogP contribution in [0.3, 0.4) is 0 Å². The minimum Gasteiger partial charge on any atom is -0.486 e. The number of ether oxygens (including phenoxy) is 1. The molecule has 1 aromatic heterocycles. The van der Waals surface area contributed by atoms with Gasteiger partial charge in [0, 0.05) is 18.1 Å². The minimum absolute atomic E-state index is 0.0650. The Kier molecular flexibility index (Phi) is 4.36. The Morgan fingerprint density at radius 3 is 2.73 bits per heavy atom. The van der Waals surface area contributed by atoms with Crippen molar-refractivity contribution in [3.8, 4) is 5.75 Å². The van der Waals surface area contributed by atoms with E-state index < -0.39 is 0 Å². The third-order valence-corrected chi connectivity index (χ3v) is 5.00. The van der Waals surface area contributed by atoms with Crippen molar-refractivity contribution in [2.45, 2.75) is 32.4 Å². The monoisotopic (exact) mass is 336 g/mol. The summed E-state index contributed by atoms with van der Waals surface area (Å²) in [6.45, 7) is 2.23. The van der Waals surface area contributed by atoms with Crippen LogP contribution < -0.4 is 4.74 Å². The molecular weight excluding hydrogens is 320 g/mol. The molecule has 116 valence electrons. The first-order valence-electron chi connectivity index (χ1n) is 7.16. The molecule has 0 bridgehead atoms. The van der Waals surface area contributed by atoms with Gasteiger partial charge in [0.1, 0.15) is 22.2 Å². The number of hydrogen-bond acceptors (Lipinski definition) is 4. The lowest BCUT2D eigenvalue weighted by atomic mass is 10.3. The highest BCUT2D eigenvalue weighted by molar-refractivity contribution is 7.13. The normalized spacial score (nSPS) is 14.0. The molecule has 1 aromatic carbocycles. The summed E-state index contributed by atoms with van der Waals surface area (Å²) in [6, 6.07) is 7.60. The van der Waals surface area contributed by atoms with Crippen LogP contribution in [-0.2, 0) is 6.61 Å². The second-order valence-electron chi connectivity index (χ2n) is 5.41. The van der Waals surface area contributed by atoms with E-state index in [1.165, 1.54) is 11.3 Å². The fraction of sp³-hybridized carbons (Fsp3) is 0.375. The average molecular weight is 337 g/mol. The molecule has 0 atom stereocenters. The second kappa shape index (κ2) is 6.26. The SMILES string of the molecule is Cc1nc(COc2ccc(Cl)cc2)sc1C(=O)N(C)C1CC1. The fourth-order valence-electron chi connectivity index (χ4n) is 2.18. The van der Waals surface area contributed by atoms with Gasteiger partial charge >= 0.3 is 0 Å². The molecule has 22 heavy (non-hydrogen) atoms. The molecule has 0 unspecified atom stereocenters. The van der Waals surface area contributed by atoms with Crippen LogP contribution in [-0.4, -0.2) is 28.9 Å². The number of carbonyl (C=O) groups is 1. The molecule has 1 aliphatic rings. The molecule has 0 N–H and O–H groups in total. The summed E-state index contributed by atoms with van der Waals surface area (Å²) in [5.74, 6) is 0.801. The van der Waals surface area contributed by atoms with E-state index in [1.54, 1.807) is 12.1 Å². The molecule has 4 nitrogen and oxygen atoms in total. The van der Waals surface area contributed by atoms with E-state index in [2.05, 4.69) is 4.98 Å². The number of thiazole rings is 1. The summed E-state index contributed by atoms with van der Waals surface area (Å²) in [4.78, 5) is 19.4. The van der Waals surface area contributed by atoms with Gasteiger partial charge in [-0.1, -0.05) is 11.6 Å². The summed E-state index contributed by atoms with van der Waals surface area (Å²) in [6.07, 6.45) is 2.21. The second-order valence-corrected chi connectivity index (χ2v) is 6.93. The van der Waals surface area contributed by atoms with E-state index in [1.807, 2.05) is 31.0 Å². The van der Waals surface area contributed by atoms with Crippen molar-refractivity contribution in [3.05, 3.63) is 44.9 Å². The number of hydrogen-bond donors (Lipinski definition) is 0. The standard InChI is InChI=1S/C16H17ClN2O2S/c1-10-15(16(20)19(2)12-5-6-12)22-14(18-10)9-21-13-7-3-11(17)4-8-13/h3-4,7-8,12H,5-6,9H2,1-2H3. The molecule has 1 heterocycles. The molecule has 1 saturated carbocycles. The van der Waals surface area contributed by atoms with Crippen LogP contribution in [0, 0.1) is 6.92 Å². The van der Waals surface area contributed by atoms with Crippen molar-refractivity contribution in [1.29, 1.82) is 0 Å². The van der Waals surface area contributed by atoms with Gasteiger partial charge in [0.05, 0.1) is 5.69 Å². The van der Waals surface area contributed by atoms with Crippen LogP contribution in [0.25, 0.3) is 0 Å². The lowest BCUT2D eigenvalue weighted by Gasteiger charge is -2.14. The van der Waals surface area contributed by atoms with E-state index in [0.29, 0.717) is 22.5 Å². The third kappa shape index (κ3) is 3.42. The first-order valence-corrected chi connectivity index (χ1v) is 8.36. The lowest BCUT2D eigenvalue weighted by Crippen LogP contribution is -2.28. The maximum atomic E-state index is 12.4. The Bertz CT molecular complexity index is 680. The zero-order chi connectivity index (χ0) is 15.7. The third-order valence-electron chi connectivity index (χ3n) is 3.63. The molecule has 0 spiro atoms. The maximum Gasteiger partial charge on any atom is 0.265 e. The number of carbonyl (C=O) groups excluding carboxylic acids is 1. The minimum atomic E-state index is 0.0650. The molecule has 0 saturated heterocycles. The van der Waals surface area contributed by atoms with Gasteiger partial charge in [-0.3, -0.25) is 4.79 Å². The summed E-state index contributed by atoms with van der Waals surface area (Å²) >= 11 is 7.25. The maximum absolute atomic E-state index is 12.4. The van der Waals surface area contributed by atoms with Crippen molar-refractivity contribution in [3.63, 3.8) is 0 Å². The van der Waals surface area contributed by atoms with Crippen LogP contribution in [0.4, 0.5) is 0 Å². The number of rotatable bonds is 5. The summed E-state index contributed by atoms with van der Waals surface area (Å²) in [7, 11) is 1.86. The number of halogens is 1. The van der Waals surface area contributed by atoms with Crippen molar-refractivity contribution in [1.82, 2.24) is 9.88 Å². The van der Waals surface area contributed by atoms with Crippen molar-refractivity contribution in [2.24, 2.45) is 0 Å². The van der Waals surface area contributed by atoms with Crippen LogP contribution in [0.2, 0.25) is 5.02 Å². The molecule has 0 aliphatic heterocycles. The molecule has 3 rings (SSSR count). The Morgan fingerprint density at radius 2 is 2.09 bits per heavy atom. The van der Waals surface area contributed by atoms with Gasteiger partial charge in [-0.15, -0.1) is 11.3 Å². The van der Waals surface area contributed by atoms with E-state index in [-0.39, 0.29) is 5.91 Å². The van der Waals surface area contributed by atoms with Crippen molar-refractivity contribution in [2.75, 3.05) is 7.05 Å². The Labute approximate surface area is 138 Å². The zero-order valence-electron chi connectivity index (χ0n) is 12.5.